The van der Waals surface area contributed by atoms with Gasteiger partial charge in [-0.15, -0.1) is 0 Å². The molecule has 0 aliphatic rings. The summed E-state index contributed by atoms with van der Waals surface area (Å²) in [6.45, 7) is 14.4. The van der Waals surface area contributed by atoms with Gasteiger partial charge in [-0.2, -0.15) is 0 Å². The molecule has 0 aliphatic heterocycles. The fourth-order valence-corrected chi connectivity index (χ4v) is 4.14. The first-order valence-corrected chi connectivity index (χ1v) is 16.1. The molecule has 0 bridgehead atoms. The number of benzene rings is 3. The molecule has 1 amide bonds. The summed E-state index contributed by atoms with van der Waals surface area (Å²) in [6.07, 6.45) is 5.17. The van der Waals surface area contributed by atoms with E-state index in [0.29, 0.717) is 18.9 Å². The van der Waals surface area contributed by atoms with Gasteiger partial charge >= 0.3 is 6.09 Å². The van der Waals surface area contributed by atoms with E-state index in [2.05, 4.69) is 71.0 Å². The second kappa shape index (κ2) is 22.4. The lowest BCUT2D eigenvalue weighted by molar-refractivity contribution is 0.0526. The number of carbonyl (C=O) groups is 1. The van der Waals surface area contributed by atoms with E-state index in [1.165, 1.54) is 23.5 Å². The second-order valence-electron chi connectivity index (χ2n) is 10.7. The van der Waals surface area contributed by atoms with Crippen LogP contribution in [0.1, 0.15) is 72.6 Å². The molecule has 8 heteroatoms. The summed E-state index contributed by atoms with van der Waals surface area (Å²) in [5.74, 6) is 0.761. The number of amides is 1. The van der Waals surface area contributed by atoms with Crippen molar-refractivity contribution in [1.82, 2.24) is 14.9 Å². The van der Waals surface area contributed by atoms with E-state index in [9.17, 15) is 9.59 Å². The van der Waals surface area contributed by atoms with Gasteiger partial charge in [-0.1, -0.05) is 126 Å². The maximum absolute atomic E-state index is 12.4. The molecule has 3 aromatic carbocycles. The first-order valence-electron chi connectivity index (χ1n) is 16.1. The molecule has 5 aromatic rings. The molecule has 8 nitrogen and oxygen atoms in total. The van der Waals surface area contributed by atoms with Gasteiger partial charge in [0, 0.05) is 31.5 Å². The van der Waals surface area contributed by atoms with Gasteiger partial charge in [0.05, 0.1) is 6.26 Å². The number of alkyl carbamates (subject to hydrolysis) is 1. The van der Waals surface area contributed by atoms with Crippen molar-refractivity contribution < 1.29 is 18.7 Å². The maximum Gasteiger partial charge on any atom is 0.407 e. The van der Waals surface area contributed by atoms with Crippen LogP contribution in [0.4, 0.5) is 4.79 Å². The molecule has 2 heterocycles. The number of ether oxygens (including phenoxy) is 2. The smallest absolute Gasteiger partial charge is 0.407 e. The number of aromatic nitrogens is 2. The van der Waals surface area contributed by atoms with Crippen LogP contribution in [-0.4, -0.2) is 27.8 Å². The van der Waals surface area contributed by atoms with Crippen molar-refractivity contribution in [3.63, 3.8) is 0 Å². The Labute approximate surface area is 286 Å². The van der Waals surface area contributed by atoms with Crippen molar-refractivity contribution in [3.8, 4) is 17.3 Å². The van der Waals surface area contributed by atoms with E-state index in [0.717, 1.165) is 12.0 Å². The van der Waals surface area contributed by atoms with Gasteiger partial charge in [-0.3, -0.25) is 4.79 Å². The molecule has 48 heavy (non-hydrogen) atoms. The van der Waals surface area contributed by atoms with Crippen LogP contribution in [-0.2, 0) is 24.3 Å². The van der Waals surface area contributed by atoms with E-state index in [4.69, 9.17) is 13.9 Å². The number of nitrogens with zero attached hydrogens (tertiary/aromatic N) is 2. The van der Waals surface area contributed by atoms with Crippen molar-refractivity contribution in [3.05, 3.63) is 143 Å². The van der Waals surface area contributed by atoms with Crippen LogP contribution in [0, 0.1) is 0 Å². The third kappa shape index (κ3) is 14.5. The number of hydrogen-bond acceptors (Lipinski definition) is 6. The number of nitrogens with one attached hydrogen (secondary N) is 1. The molecule has 0 fully saturated rings. The predicted molar refractivity (Wildman–Crippen MR) is 196 cm³/mol. The Bertz CT molecular complexity index is 1570. The Kier molecular flexibility index (Phi) is 19.1. The third-order valence-corrected chi connectivity index (χ3v) is 6.09. The van der Waals surface area contributed by atoms with Gasteiger partial charge in [0.1, 0.15) is 12.2 Å². The van der Waals surface area contributed by atoms with E-state index < -0.39 is 11.7 Å². The summed E-state index contributed by atoms with van der Waals surface area (Å²) >= 11 is 0. The zero-order chi connectivity index (χ0) is 34.5. The highest BCUT2D eigenvalue weighted by atomic mass is 16.6. The first kappa shape index (κ1) is 40.9. The van der Waals surface area contributed by atoms with Crippen molar-refractivity contribution in [1.29, 1.82) is 0 Å². The molecule has 0 radical (unpaired) electrons. The van der Waals surface area contributed by atoms with Gasteiger partial charge < -0.3 is 23.8 Å². The average Bonchev–Trinajstić information content (AvgIpc) is 3.55. The van der Waals surface area contributed by atoms with Crippen molar-refractivity contribution in [2.75, 3.05) is 6.54 Å². The lowest BCUT2D eigenvalue weighted by Gasteiger charge is -2.19. The standard InChI is InChI=1S/C22H25N3O5.C13H12.2C2H6.CH4/c1-22(2,3)30-21(27)24-11-13-25-12-10-23-20(25)19-18(17(26)9-14-28-19)29-15-16-7-5-4-6-8-16;1-3-7-12(8-4-1)11-13-9-5-2-6-10-13;2*1-2;/h4-10,12,14H,11,13,15H2,1-3H3,(H,24,27);1-10H,11H2;2*1-2H3;1H4. The quantitative estimate of drug-likeness (QED) is 0.170. The average molecular weight is 656 g/mol. The normalized spacial score (nSPS) is 9.90. The predicted octanol–water partition coefficient (Wildman–Crippen LogP) is 9.57. The minimum Gasteiger partial charge on any atom is -0.481 e. The van der Waals surface area contributed by atoms with E-state index in [-0.39, 0.29) is 31.0 Å². The summed E-state index contributed by atoms with van der Waals surface area (Å²) < 4.78 is 18.4. The molecular formula is C40H53N3O5. The Morgan fingerprint density at radius 3 is 1.85 bits per heavy atom. The molecule has 2 aromatic heterocycles. The summed E-state index contributed by atoms with van der Waals surface area (Å²) in [5, 5.41) is 2.70. The van der Waals surface area contributed by atoms with Crippen LogP contribution in [0.25, 0.3) is 11.6 Å². The van der Waals surface area contributed by atoms with E-state index in [1.807, 2.05) is 58.0 Å². The minimum atomic E-state index is -0.567. The summed E-state index contributed by atoms with van der Waals surface area (Å²) in [7, 11) is 0. The van der Waals surface area contributed by atoms with Crippen LogP contribution in [0.3, 0.4) is 0 Å². The Hall–Kier alpha value is -5.11. The van der Waals surface area contributed by atoms with E-state index in [1.54, 1.807) is 37.7 Å². The summed E-state index contributed by atoms with van der Waals surface area (Å²) in [6, 6.07) is 31.9. The molecule has 0 unspecified atom stereocenters. The molecular weight excluding hydrogens is 602 g/mol. The van der Waals surface area contributed by atoms with E-state index >= 15 is 0 Å². The fraction of sp³-hybridized carbons (Fsp3) is 0.325. The van der Waals surface area contributed by atoms with Crippen molar-refractivity contribution >= 4 is 6.09 Å². The molecule has 0 spiro atoms. The molecule has 0 saturated heterocycles. The highest BCUT2D eigenvalue weighted by molar-refractivity contribution is 5.67. The van der Waals surface area contributed by atoms with Gasteiger partial charge in [-0.05, 0) is 43.9 Å². The lowest BCUT2D eigenvalue weighted by atomic mass is 10.1. The lowest BCUT2D eigenvalue weighted by Crippen LogP contribution is -2.34. The SMILES string of the molecule is C.CC.CC.CC(C)(C)OC(=O)NCCn1ccnc1-c1occc(=O)c1OCc1ccccc1.c1ccc(Cc2ccccc2)cc1. The van der Waals surface area contributed by atoms with Crippen LogP contribution < -0.4 is 15.5 Å². The molecule has 1 N–H and O–H groups in total. The largest absolute Gasteiger partial charge is 0.481 e. The Balaban J connectivity index is 0.000000533. The van der Waals surface area contributed by atoms with Gasteiger partial charge in [0.2, 0.25) is 16.9 Å². The van der Waals surface area contributed by atoms with Gasteiger partial charge in [0.15, 0.2) is 5.82 Å². The second-order valence-corrected chi connectivity index (χ2v) is 10.7. The highest BCUT2D eigenvalue weighted by Crippen LogP contribution is 2.26. The van der Waals surface area contributed by atoms with Crippen molar-refractivity contribution in [2.24, 2.45) is 0 Å². The van der Waals surface area contributed by atoms with Gasteiger partial charge in [0.25, 0.3) is 0 Å². The Morgan fingerprint density at radius 1 is 0.812 bits per heavy atom. The fourth-order valence-electron chi connectivity index (χ4n) is 4.14. The van der Waals surface area contributed by atoms with Crippen LogP contribution >= 0.6 is 0 Å². The van der Waals surface area contributed by atoms with Crippen molar-refractivity contribution in [2.45, 2.75) is 81.1 Å². The molecule has 0 saturated carbocycles. The number of rotatable bonds is 9. The number of carbonyl (C=O) groups excluding carboxylic acids is 1. The molecule has 258 valence electrons. The zero-order valence-electron chi connectivity index (χ0n) is 28.7. The summed E-state index contributed by atoms with van der Waals surface area (Å²) in [4.78, 5) is 28.5. The minimum absolute atomic E-state index is 0. The van der Waals surface area contributed by atoms with Crippen LogP contribution in [0.15, 0.2) is 125 Å². The Morgan fingerprint density at radius 2 is 1.33 bits per heavy atom. The number of imidazole rings is 1. The monoisotopic (exact) mass is 655 g/mol. The van der Waals surface area contributed by atoms with Gasteiger partial charge in [-0.25, -0.2) is 9.78 Å². The summed E-state index contributed by atoms with van der Waals surface area (Å²) in [5.41, 5.74) is 2.80. The number of hydrogen-bond donors (Lipinski definition) is 1. The molecule has 0 atom stereocenters. The van der Waals surface area contributed by atoms with Crippen LogP contribution in [0.5, 0.6) is 5.75 Å². The molecule has 0 aliphatic carbocycles. The zero-order valence-corrected chi connectivity index (χ0v) is 28.7. The highest BCUT2D eigenvalue weighted by Gasteiger charge is 2.19. The maximum atomic E-state index is 12.4. The third-order valence-electron chi connectivity index (χ3n) is 6.09. The van der Waals surface area contributed by atoms with Crippen LogP contribution in [0.2, 0.25) is 0 Å². The first-order chi connectivity index (χ1) is 22.8. The molecule has 5 rings (SSSR count). The topological polar surface area (TPSA) is 95.6 Å².